The SMILES string of the molecule is Cc1cc2nc3c(=O)[nH]c(=O)nc-3n(CCNCCn3c4nc(=O)[nH]c(=O)c-4nc4cc(C)c(C)cc43)c2cc1C. The van der Waals surface area contributed by atoms with Crippen molar-refractivity contribution in [2.24, 2.45) is 0 Å². The molecule has 3 N–H and O–H groups in total. The van der Waals surface area contributed by atoms with Crippen LogP contribution in [-0.4, -0.2) is 52.1 Å². The van der Waals surface area contributed by atoms with E-state index in [1.54, 1.807) is 0 Å². The Bertz CT molecular complexity index is 2020. The Labute approximate surface area is 231 Å². The fourth-order valence-corrected chi connectivity index (χ4v) is 5.06. The fourth-order valence-electron chi connectivity index (χ4n) is 5.06. The van der Waals surface area contributed by atoms with E-state index < -0.39 is 22.5 Å². The van der Waals surface area contributed by atoms with Gasteiger partial charge in [-0.05, 0) is 74.2 Å². The molecule has 0 amide bonds. The average molecular weight is 554 g/mol. The number of aromatic nitrogens is 8. The van der Waals surface area contributed by atoms with Crippen molar-refractivity contribution in [3.05, 3.63) is 88.2 Å². The van der Waals surface area contributed by atoms with Crippen molar-refractivity contribution in [3.63, 3.8) is 0 Å². The lowest BCUT2D eigenvalue weighted by molar-refractivity contribution is 0.564. The summed E-state index contributed by atoms with van der Waals surface area (Å²) in [6.07, 6.45) is 0. The maximum absolute atomic E-state index is 12.5. The summed E-state index contributed by atoms with van der Waals surface area (Å²) in [6, 6.07) is 7.78. The molecule has 0 fully saturated rings. The van der Waals surface area contributed by atoms with Gasteiger partial charge in [0.1, 0.15) is 0 Å². The number of aromatic amines is 2. The number of nitrogens with zero attached hydrogens (tertiary/aromatic N) is 6. The quantitative estimate of drug-likeness (QED) is 0.201. The third kappa shape index (κ3) is 4.59. The topological polar surface area (TPSA) is 173 Å². The first-order chi connectivity index (χ1) is 19.6. The van der Waals surface area contributed by atoms with E-state index in [1.807, 2.05) is 61.1 Å². The maximum atomic E-state index is 12.5. The third-order valence-electron chi connectivity index (χ3n) is 7.47. The van der Waals surface area contributed by atoms with E-state index in [0.717, 1.165) is 33.3 Å². The smallest absolute Gasteiger partial charge is 0.321 e. The van der Waals surface area contributed by atoms with Gasteiger partial charge < -0.3 is 14.5 Å². The second-order valence-electron chi connectivity index (χ2n) is 10.2. The van der Waals surface area contributed by atoms with Crippen LogP contribution in [0.4, 0.5) is 0 Å². The molecule has 0 aromatic heterocycles. The first-order valence-electron chi connectivity index (χ1n) is 13.1. The number of aryl methyl sites for hydroxylation is 4. The summed E-state index contributed by atoms with van der Waals surface area (Å²) in [6.45, 7) is 9.66. The minimum absolute atomic E-state index is 0.0982. The molecule has 13 heteroatoms. The Balaban J connectivity index is 1.32. The van der Waals surface area contributed by atoms with Crippen LogP contribution in [0.2, 0.25) is 0 Å². The van der Waals surface area contributed by atoms with Gasteiger partial charge in [-0.15, -0.1) is 0 Å². The molecule has 4 heterocycles. The number of benzene rings is 2. The number of nitrogens with one attached hydrogen (secondary N) is 3. The zero-order valence-corrected chi connectivity index (χ0v) is 23.0. The van der Waals surface area contributed by atoms with E-state index in [-0.39, 0.29) is 23.0 Å². The van der Waals surface area contributed by atoms with Crippen molar-refractivity contribution < 1.29 is 0 Å². The van der Waals surface area contributed by atoms with Gasteiger partial charge in [-0.1, -0.05) is 0 Å². The molecule has 4 aliphatic heterocycles. The van der Waals surface area contributed by atoms with Crippen molar-refractivity contribution in [2.75, 3.05) is 13.1 Å². The summed E-state index contributed by atoms with van der Waals surface area (Å²) >= 11 is 0. The van der Waals surface area contributed by atoms with Crippen LogP contribution in [-0.2, 0) is 13.1 Å². The second kappa shape index (κ2) is 9.86. The Morgan fingerprint density at radius 3 is 1.41 bits per heavy atom. The lowest BCUT2D eigenvalue weighted by Gasteiger charge is -2.19. The average Bonchev–Trinajstić information content (AvgIpc) is 2.90. The van der Waals surface area contributed by atoms with E-state index >= 15 is 0 Å². The first kappa shape index (κ1) is 26.2. The molecule has 4 aliphatic rings. The molecule has 0 spiro atoms. The van der Waals surface area contributed by atoms with Crippen molar-refractivity contribution in [1.82, 2.24) is 44.4 Å². The van der Waals surface area contributed by atoms with E-state index in [2.05, 4.69) is 35.2 Å². The minimum Gasteiger partial charge on any atom is -0.321 e. The van der Waals surface area contributed by atoms with Gasteiger partial charge in [0.05, 0.1) is 22.1 Å². The first-order valence-corrected chi connectivity index (χ1v) is 13.1. The van der Waals surface area contributed by atoms with Crippen molar-refractivity contribution >= 4 is 22.1 Å². The van der Waals surface area contributed by atoms with E-state index in [4.69, 9.17) is 0 Å². The normalized spacial score (nSPS) is 11.8. The Morgan fingerprint density at radius 1 is 0.610 bits per heavy atom. The van der Waals surface area contributed by atoms with Crippen LogP contribution in [0.25, 0.3) is 45.1 Å². The molecule has 0 radical (unpaired) electrons. The molecule has 6 rings (SSSR count). The van der Waals surface area contributed by atoms with Gasteiger partial charge >= 0.3 is 11.4 Å². The predicted molar refractivity (Wildman–Crippen MR) is 154 cm³/mol. The molecule has 13 nitrogen and oxygen atoms in total. The highest BCUT2D eigenvalue weighted by Gasteiger charge is 2.20. The predicted octanol–water partition coefficient (Wildman–Crippen LogP) is 1.01. The van der Waals surface area contributed by atoms with Gasteiger partial charge in [0.25, 0.3) is 11.1 Å². The number of hydrogen-bond acceptors (Lipinski definition) is 9. The standard InChI is InChI=1S/C28H27N9O4/c1-13-9-17-19(11-15(13)3)36(23-21(30-17)25(38)34-27(40)32-23)7-5-29-6-8-37-20-12-16(4)14(2)10-18(20)31-22-24(37)33-28(41)35-26(22)39/h9-12,29H,5-8H2,1-4H3,(H,34,38,40)(H,35,39,41). The van der Waals surface area contributed by atoms with Crippen LogP contribution >= 0.6 is 0 Å². The molecule has 0 unspecified atom stereocenters. The van der Waals surface area contributed by atoms with Crippen molar-refractivity contribution in [1.29, 1.82) is 0 Å². The molecule has 2 aromatic carbocycles. The molecule has 2 aromatic rings. The lowest BCUT2D eigenvalue weighted by atomic mass is 10.1. The molecule has 208 valence electrons. The van der Waals surface area contributed by atoms with Gasteiger partial charge in [-0.25, -0.2) is 19.6 Å². The second-order valence-corrected chi connectivity index (χ2v) is 10.2. The van der Waals surface area contributed by atoms with E-state index in [9.17, 15) is 19.2 Å². The molecule has 0 bridgehead atoms. The molecule has 0 aliphatic carbocycles. The number of hydrogen-bond donors (Lipinski definition) is 3. The summed E-state index contributed by atoms with van der Waals surface area (Å²) in [5.74, 6) is 0.433. The summed E-state index contributed by atoms with van der Waals surface area (Å²) in [5, 5.41) is 3.39. The Morgan fingerprint density at radius 2 is 1.00 bits per heavy atom. The summed E-state index contributed by atoms with van der Waals surface area (Å²) < 4.78 is 3.66. The summed E-state index contributed by atoms with van der Waals surface area (Å²) in [7, 11) is 0. The Kier molecular flexibility index (Phi) is 6.30. The van der Waals surface area contributed by atoms with Gasteiger partial charge in [0.15, 0.2) is 23.0 Å². The highest BCUT2D eigenvalue weighted by Crippen LogP contribution is 2.25. The minimum atomic E-state index is -0.729. The number of fused-ring (bicyclic) bond motifs is 4. The largest absolute Gasteiger partial charge is 0.349 e. The molecule has 0 saturated carbocycles. The maximum Gasteiger partial charge on any atom is 0.349 e. The van der Waals surface area contributed by atoms with Crippen LogP contribution in [0.5, 0.6) is 0 Å². The van der Waals surface area contributed by atoms with Crippen LogP contribution in [0.3, 0.4) is 0 Å². The molecule has 41 heavy (non-hydrogen) atoms. The van der Waals surface area contributed by atoms with E-state index in [1.165, 1.54) is 0 Å². The van der Waals surface area contributed by atoms with Crippen LogP contribution in [0, 0.1) is 27.7 Å². The highest BCUT2D eigenvalue weighted by molar-refractivity contribution is 5.82. The fraction of sp³-hybridized carbons (Fsp3) is 0.286. The van der Waals surface area contributed by atoms with Gasteiger partial charge in [0.2, 0.25) is 0 Å². The highest BCUT2D eigenvalue weighted by atomic mass is 16.2. The van der Waals surface area contributed by atoms with Gasteiger partial charge in [-0.3, -0.25) is 19.6 Å². The van der Waals surface area contributed by atoms with E-state index in [0.29, 0.717) is 37.2 Å². The molecular weight excluding hydrogens is 526 g/mol. The van der Waals surface area contributed by atoms with Crippen LogP contribution < -0.4 is 27.8 Å². The molecule has 0 saturated heterocycles. The van der Waals surface area contributed by atoms with Crippen LogP contribution in [0.15, 0.2) is 43.4 Å². The zero-order valence-electron chi connectivity index (χ0n) is 23.0. The van der Waals surface area contributed by atoms with Crippen molar-refractivity contribution in [3.8, 4) is 23.0 Å². The number of H-pyrrole nitrogens is 2. The summed E-state index contributed by atoms with van der Waals surface area (Å²) in [4.78, 5) is 70.7. The van der Waals surface area contributed by atoms with Gasteiger partial charge in [0, 0.05) is 26.2 Å². The molecular formula is C28H27N9O4. The van der Waals surface area contributed by atoms with Gasteiger partial charge in [-0.2, -0.15) is 9.97 Å². The lowest BCUT2D eigenvalue weighted by Crippen LogP contribution is -2.32. The third-order valence-corrected chi connectivity index (χ3v) is 7.47. The van der Waals surface area contributed by atoms with Crippen LogP contribution in [0.1, 0.15) is 22.3 Å². The summed E-state index contributed by atoms with van der Waals surface area (Å²) in [5.41, 5.74) is 4.52. The van der Waals surface area contributed by atoms with Crippen molar-refractivity contribution in [2.45, 2.75) is 40.8 Å². The molecule has 0 atom stereocenters. The number of rotatable bonds is 6. The zero-order chi connectivity index (χ0) is 29.0. The monoisotopic (exact) mass is 553 g/mol. The Hall–Kier alpha value is -5.04.